The Labute approximate surface area is 142 Å². The van der Waals surface area contributed by atoms with Crippen LogP contribution in [0.1, 0.15) is 28.4 Å². The van der Waals surface area contributed by atoms with Gasteiger partial charge in [-0.25, -0.2) is 0 Å². The maximum Gasteiger partial charge on any atom is 0.193 e. The largest absolute Gasteiger partial charge is 0.397 e. The molecule has 0 saturated carbocycles. The van der Waals surface area contributed by atoms with Gasteiger partial charge in [-0.3, -0.25) is 4.79 Å². The highest BCUT2D eigenvalue weighted by molar-refractivity contribution is 6.10. The van der Waals surface area contributed by atoms with Crippen molar-refractivity contribution in [2.24, 2.45) is 0 Å². The van der Waals surface area contributed by atoms with Crippen molar-refractivity contribution in [3.05, 3.63) is 89.5 Å². The normalized spacial score (nSPS) is 10.4. The Kier molecular flexibility index (Phi) is 4.62. The topological polar surface area (TPSA) is 55.1 Å². The van der Waals surface area contributed by atoms with E-state index in [1.165, 1.54) is 0 Å². The van der Waals surface area contributed by atoms with Crippen molar-refractivity contribution >= 4 is 22.8 Å². The van der Waals surface area contributed by atoms with Gasteiger partial charge < -0.3 is 11.1 Å². The Morgan fingerprint density at radius 3 is 2.38 bits per heavy atom. The van der Waals surface area contributed by atoms with Crippen molar-refractivity contribution in [2.75, 3.05) is 11.1 Å². The first-order valence-corrected chi connectivity index (χ1v) is 8.03. The number of para-hydroxylation sites is 2. The number of nitrogens with two attached hydrogens (primary N) is 1. The summed E-state index contributed by atoms with van der Waals surface area (Å²) in [5, 5.41) is 3.32. The molecule has 3 heteroatoms. The van der Waals surface area contributed by atoms with Crippen LogP contribution in [0.15, 0.2) is 72.8 Å². The van der Waals surface area contributed by atoms with E-state index < -0.39 is 0 Å². The third-order valence-corrected chi connectivity index (χ3v) is 4.01. The van der Waals surface area contributed by atoms with Crippen LogP contribution in [-0.2, 0) is 6.42 Å². The third kappa shape index (κ3) is 3.30. The number of hydrogen-bond donors (Lipinski definition) is 2. The Bertz CT molecular complexity index is 857. The molecule has 24 heavy (non-hydrogen) atoms. The molecule has 0 radical (unpaired) electrons. The molecule has 3 rings (SSSR count). The second-order valence-electron chi connectivity index (χ2n) is 5.63. The molecule has 0 unspecified atom stereocenters. The molecule has 0 amide bonds. The van der Waals surface area contributed by atoms with Crippen molar-refractivity contribution < 1.29 is 4.79 Å². The van der Waals surface area contributed by atoms with E-state index >= 15 is 0 Å². The van der Waals surface area contributed by atoms with Crippen LogP contribution < -0.4 is 11.1 Å². The summed E-state index contributed by atoms with van der Waals surface area (Å²) in [5.41, 5.74) is 10.9. The highest BCUT2D eigenvalue weighted by atomic mass is 16.1. The minimum atomic E-state index is 0.0539. The monoisotopic (exact) mass is 316 g/mol. The van der Waals surface area contributed by atoms with Crippen molar-refractivity contribution in [1.82, 2.24) is 0 Å². The van der Waals surface area contributed by atoms with E-state index in [0.29, 0.717) is 11.3 Å². The average Bonchev–Trinajstić information content (AvgIpc) is 2.63. The fourth-order valence-electron chi connectivity index (χ4n) is 2.70. The summed E-state index contributed by atoms with van der Waals surface area (Å²) in [4.78, 5) is 12.7. The minimum Gasteiger partial charge on any atom is -0.397 e. The van der Waals surface area contributed by atoms with Crippen LogP contribution in [0.5, 0.6) is 0 Å². The van der Waals surface area contributed by atoms with Gasteiger partial charge in [0.05, 0.1) is 11.4 Å². The van der Waals surface area contributed by atoms with Gasteiger partial charge in [-0.15, -0.1) is 0 Å². The van der Waals surface area contributed by atoms with Gasteiger partial charge in [0.2, 0.25) is 0 Å². The van der Waals surface area contributed by atoms with Gasteiger partial charge in [-0.2, -0.15) is 0 Å². The fraction of sp³-hybridized carbons (Fsp3) is 0.0952. The lowest BCUT2D eigenvalue weighted by atomic mass is 9.96. The van der Waals surface area contributed by atoms with Gasteiger partial charge in [-0.05, 0) is 42.3 Å². The van der Waals surface area contributed by atoms with Crippen LogP contribution in [0.4, 0.5) is 17.1 Å². The maximum atomic E-state index is 12.7. The standard InChI is InChI=1S/C21H20N2O/c1-2-15-14-17(23-20-11-7-6-10-19(20)22)12-13-18(15)21(24)16-8-4-3-5-9-16/h3-14,23H,2,22H2,1H3. The van der Waals surface area contributed by atoms with Gasteiger partial charge in [-0.1, -0.05) is 49.4 Å². The molecular weight excluding hydrogens is 296 g/mol. The average molecular weight is 316 g/mol. The van der Waals surface area contributed by atoms with Crippen LogP contribution >= 0.6 is 0 Å². The lowest BCUT2D eigenvalue weighted by Crippen LogP contribution is -2.06. The SMILES string of the molecule is CCc1cc(Nc2ccccc2N)ccc1C(=O)c1ccccc1. The summed E-state index contributed by atoms with van der Waals surface area (Å²) in [6.07, 6.45) is 0.785. The number of carbonyl (C=O) groups is 1. The van der Waals surface area contributed by atoms with Crippen LogP contribution in [0, 0.1) is 0 Å². The summed E-state index contributed by atoms with van der Waals surface area (Å²) in [6, 6.07) is 22.8. The zero-order valence-electron chi connectivity index (χ0n) is 13.6. The Morgan fingerprint density at radius 1 is 0.958 bits per heavy atom. The molecule has 0 heterocycles. The maximum absolute atomic E-state index is 12.7. The number of benzene rings is 3. The molecule has 0 bridgehead atoms. The summed E-state index contributed by atoms with van der Waals surface area (Å²) in [5.74, 6) is 0.0539. The van der Waals surface area contributed by atoms with Crippen LogP contribution in [0.2, 0.25) is 0 Å². The second kappa shape index (κ2) is 7.01. The van der Waals surface area contributed by atoms with Crippen LogP contribution in [0.3, 0.4) is 0 Å². The zero-order chi connectivity index (χ0) is 16.9. The Hall–Kier alpha value is -3.07. The number of ketones is 1. The molecule has 3 nitrogen and oxygen atoms in total. The van der Waals surface area contributed by atoms with Gasteiger partial charge >= 0.3 is 0 Å². The first kappa shape index (κ1) is 15.8. The number of rotatable bonds is 5. The quantitative estimate of drug-likeness (QED) is 0.525. The van der Waals surface area contributed by atoms with Crippen molar-refractivity contribution in [1.29, 1.82) is 0 Å². The lowest BCUT2D eigenvalue weighted by molar-refractivity contribution is 0.103. The first-order valence-electron chi connectivity index (χ1n) is 8.03. The van der Waals surface area contributed by atoms with E-state index in [1.54, 1.807) is 0 Å². The summed E-state index contributed by atoms with van der Waals surface area (Å²) < 4.78 is 0. The minimum absolute atomic E-state index is 0.0539. The summed E-state index contributed by atoms with van der Waals surface area (Å²) in [6.45, 7) is 2.05. The molecule has 0 fully saturated rings. The van der Waals surface area contributed by atoms with E-state index in [2.05, 4.69) is 12.2 Å². The highest BCUT2D eigenvalue weighted by Gasteiger charge is 2.13. The summed E-state index contributed by atoms with van der Waals surface area (Å²) in [7, 11) is 0. The van der Waals surface area contributed by atoms with E-state index in [-0.39, 0.29) is 5.78 Å². The number of nitrogens with one attached hydrogen (secondary N) is 1. The predicted molar refractivity (Wildman–Crippen MR) is 99.8 cm³/mol. The number of carbonyl (C=O) groups excluding carboxylic acids is 1. The molecule has 3 aromatic rings. The van der Waals surface area contributed by atoms with E-state index in [4.69, 9.17) is 5.73 Å². The number of aryl methyl sites for hydroxylation is 1. The van der Waals surface area contributed by atoms with Crippen molar-refractivity contribution in [3.8, 4) is 0 Å². The number of anilines is 3. The number of nitrogen functional groups attached to an aromatic ring is 1. The number of hydrogen-bond acceptors (Lipinski definition) is 3. The van der Waals surface area contributed by atoms with Gasteiger partial charge in [0.15, 0.2) is 5.78 Å². The van der Waals surface area contributed by atoms with Gasteiger partial charge in [0.1, 0.15) is 0 Å². The lowest BCUT2D eigenvalue weighted by Gasteiger charge is -2.13. The van der Waals surface area contributed by atoms with Crippen LogP contribution in [-0.4, -0.2) is 5.78 Å². The molecule has 3 aromatic carbocycles. The third-order valence-electron chi connectivity index (χ3n) is 4.01. The molecule has 0 spiro atoms. The molecule has 0 atom stereocenters. The second-order valence-corrected chi connectivity index (χ2v) is 5.63. The first-order chi connectivity index (χ1) is 11.7. The molecule has 120 valence electrons. The van der Waals surface area contributed by atoms with Crippen molar-refractivity contribution in [3.63, 3.8) is 0 Å². The molecule has 0 aliphatic rings. The van der Waals surface area contributed by atoms with E-state index in [0.717, 1.165) is 28.9 Å². The predicted octanol–water partition coefficient (Wildman–Crippen LogP) is 4.81. The molecular formula is C21H20N2O. The molecule has 0 aliphatic carbocycles. The Morgan fingerprint density at radius 2 is 1.67 bits per heavy atom. The Balaban J connectivity index is 1.91. The molecule has 0 saturated heterocycles. The van der Waals surface area contributed by atoms with Crippen LogP contribution in [0.25, 0.3) is 0 Å². The van der Waals surface area contributed by atoms with Gasteiger partial charge in [0.25, 0.3) is 0 Å². The zero-order valence-corrected chi connectivity index (χ0v) is 13.6. The fourth-order valence-corrected chi connectivity index (χ4v) is 2.70. The molecule has 0 aliphatic heterocycles. The van der Waals surface area contributed by atoms with Crippen molar-refractivity contribution in [2.45, 2.75) is 13.3 Å². The molecule has 3 N–H and O–H groups in total. The van der Waals surface area contributed by atoms with Gasteiger partial charge in [0, 0.05) is 16.8 Å². The van der Waals surface area contributed by atoms with E-state index in [9.17, 15) is 4.79 Å². The summed E-state index contributed by atoms with van der Waals surface area (Å²) >= 11 is 0. The molecule has 0 aromatic heterocycles. The highest BCUT2D eigenvalue weighted by Crippen LogP contribution is 2.25. The van der Waals surface area contributed by atoms with E-state index in [1.807, 2.05) is 72.8 Å². The smallest absolute Gasteiger partial charge is 0.193 e.